The number of hydrogen-bond acceptors (Lipinski definition) is 4. The predicted octanol–water partition coefficient (Wildman–Crippen LogP) is 2.75. The Bertz CT molecular complexity index is 386. The van der Waals surface area contributed by atoms with Gasteiger partial charge in [-0.05, 0) is 40.0 Å². The molecule has 0 aromatic carbocycles. The number of rotatable bonds is 3. The molecule has 1 amide bonds. The largest absolute Gasteiger partial charge is 0.469 e. The minimum Gasteiger partial charge on any atom is -0.469 e. The van der Waals surface area contributed by atoms with Crippen LogP contribution >= 0.6 is 0 Å². The summed E-state index contributed by atoms with van der Waals surface area (Å²) in [6, 6.07) is 0. The monoisotopic (exact) mass is 283 g/mol. The van der Waals surface area contributed by atoms with Crippen molar-refractivity contribution in [3.8, 4) is 0 Å². The molecule has 1 aliphatic heterocycles. The highest BCUT2D eigenvalue weighted by molar-refractivity contribution is 5.79. The Morgan fingerprint density at radius 2 is 2.05 bits per heavy atom. The molecule has 0 aliphatic carbocycles. The van der Waals surface area contributed by atoms with Gasteiger partial charge in [0.1, 0.15) is 5.60 Å². The van der Waals surface area contributed by atoms with E-state index in [0.29, 0.717) is 25.9 Å². The van der Waals surface area contributed by atoms with Gasteiger partial charge in [-0.3, -0.25) is 4.79 Å². The molecule has 0 aromatic heterocycles. The summed E-state index contributed by atoms with van der Waals surface area (Å²) in [4.78, 5) is 25.8. The summed E-state index contributed by atoms with van der Waals surface area (Å²) in [7, 11) is 1.37. The zero-order chi connectivity index (χ0) is 15.4. The summed E-state index contributed by atoms with van der Waals surface area (Å²) in [5.41, 5.74) is -1.23. The van der Waals surface area contributed by atoms with Gasteiger partial charge in [0, 0.05) is 13.1 Å². The van der Waals surface area contributed by atoms with E-state index in [4.69, 9.17) is 9.47 Å². The number of esters is 1. The smallest absolute Gasteiger partial charge is 0.410 e. The highest BCUT2D eigenvalue weighted by Crippen LogP contribution is 2.35. The van der Waals surface area contributed by atoms with Crippen LogP contribution < -0.4 is 0 Å². The Hall–Kier alpha value is -1.52. The quantitative estimate of drug-likeness (QED) is 0.590. The van der Waals surface area contributed by atoms with Crippen molar-refractivity contribution in [3.63, 3.8) is 0 Å². The SMILES string of the molecule is C=CC[C@@]1(C(=O)OC)CCCN(C(=O)OC(C)(C)C)C1. The lowest BCUT2D eigenvalue weighted by molar-refractivity contribution is -0.155. The first kappa shape index (κ1) is 16.5. The normalized spacial score (nSPS) is 23.1. The molecule has 1 saturated heterocycles. The van der Waals surface area contributed by atoms with Gasteiger partial charge in [0.15, 0.2) is 0 Å². The van der Waals surface area contributed by atoms with Crippen molar-refractivity contribution in [2.24, 2.45) is 5.41 Å². The molecule has 0 bridgehead atoms. The maximum atomic E-state index is 12.1. The van der Waals surface area contributed by atoms with Gasteiger partial charge in [-0.25, -0.2) is 4.79 Å². The Labute approximate surface area is 120 Å². The summed E-state index contributed by atoms with van der Waals surface area (Å²) in [5.74, 6) is -0.286. The lowest BCUT2D eigenvalue weighted by Crippen LogP contribution is -2.51. The lowest BCUT2D eigenvalue weighted by atomic mass is 9.77. The number of ether oxygens (including phenoxy) is 2. The Balaban J connectivity index is 2.85. The molecule has 0 aromatic rings. The van der Waals surface area contributed by atoms with E-state index in [-0.39, 0.29) is 12.1 Å². The van der Waals surface area contributed by atoms with Crippen LogP contribution in [0.1, 0.15) is 40.0 Å². The van der Waals surface area contributed by atoms with Gasteiger partial charge in [-0.1, -0.05) is 6.08 Å². The fourth-order valence-corrected chi connectivity index (χ4v) is 2.52. The van der Waals surface area contributed by atoms with Crippen molar-refractivity contribution >= 4 is 12.1 Å². The fraction of sp³-hybridized carbons (Fsp3) is 0.733. The molecule has 114 valence electrons. The number of nitrogens with zero attached hydrogens (tertiary/aromatic N) is 1. The number of carbonyl (C=O) groups excluding carboxylic acids is 2. The zero-order valence-electron chi connectivity index (χ0n) is 12.9. The van der Waals surface area contributed by atoms with Crippen LogP contribution in [0.25, 0.3) is 0 Å². The van der Waals surface area contributed by atoms with E-state index in [1.54, 1.807) is 11.0 Å². The molecular weight excluding hydrogens is 258 g/mol. The number of carbonyl (C=O) groups is 2. The van der Waals surface area contributed by atoms with Crippen LogP contribution in [0.15, 0.2) is 12.7 Å². The van der Waals surface area contributed by atoms with Crippen LogP contribution in [0, 0.1) is 5.41 Å². The van der Waals surface area contributed by atoms with Gasteiger partial charge in [0.05, 0.1) is 12.5 Å². The van der Waals surface area contributed by atoms with Gasteiger partial charge < -0.3 is 14.4 Å². The predicted molar refractivity (Wildman–Crippen MR) is 76.3 cm³/mol. The van der Waals surface area contributed by atoms with Gasteiger partial charge >= 0.3 is 12.1 Å². The summed E-state index contributed by atoms with van der Waals surface area (Å²) < 4.78 is 10.3. The second kappa shape index (κ2) is 6.29. The van der Waals surface area contributed by atoms with Crippen LogP contribution in [-0.2, 0) is 14.3 Å². The number of allylic oxidation sites excluding steroid dienone is 1. The molecule has 0 spiro atoms. The summed E-state index contributed by atoms with van der Waals surface area (Å²) in [5, 5.41) is 0. The van der Waals surface area contributed by atoms with Crippen LogP contribution in [0.3, 0.4) is 0 Å². The highest BCUT2D eigenvalue weighted by Gasteiger charge is 2.44. The van der Waals surface area contributed by atoms with Crippen molar-refractivity contribution in [3.05, 3.63) is 12.7 Å². The molecule has 0 N–H and O–H groups in total. The lowest BCUT2D eigenvalue weighted by Gasteiger charge is -2.40. The second-order valence-electron chi connectivity index (χ2n) is 6.27. The third-order valence-electron chi connectivity index (χ3n) is 3.38. The maximum Gasteiger partial charge on any atom is 0.410 e. The van der Waals surface area contributed by atoms with Crippen LogP contribution in [0.2, 0.25) is 0 Å². The average molecular weight is 283 g/mol. The minimum absolute atomic E-state index is 0.286. The van der Waals surface area contributed by atoms with Crippen LogP contribution in [-0.4, -0.2) is 42.8 Å². The number of piperidine rings is 1. The van der Waals surface area contributed by atoms with Crippen molar-refractivity contribution < 1.29 is 19.1 Å². The number of hydrogen-bond donors (Lipinski definition) is 0. The maximum absolute atomic E-state index is 12.1. The molecule has 1 atom stereocenters. The molecule has 1 fully saturated rings. The zero-order valence-corrected chi connectivity index (χ0v) is 12.9. The van der Waals surface area contributed by atoms with E-state index in [1.807, 2.05) is 20.8 Å². The van der Waals surface area contributed by atoms with E-state index in [1.165, 1.54) is 7.11 Å². The first-order valence-electron chi connectivity index (χ1n) is 6.91. The molecule has 20 heavy (non-hydrogen) atoms. The molecule has 0 saturated carbocycles. The molecule has 5 heteroatoms. The third-order valence-corrected chi connectivity index (χ3v) is 3.38. The van der Waals surface area contributed by atoms with E-state index in [9.17, 15) is 9.59 Å². The molecule has 0 unspecified atom stereocenters. The molecule has 0 radical (unpaired) electrons. The van der Waals surface area contributed by atoms with Crippen molar-refractivity contribution in [2.75, 3.05) is 20.2 Å². The van der Waals surface area contributed by atoms with Crippen molar-refractivity contribution in [1.29, 1.82) is 0 Å². The van der Waals surface area contributed by atoms with Crippen LogP contribution in [0.5, 0.6) is 0 Å². The number of amides is 1. The topological polar surface area (TPSA) is 55.8 Å². The van der Waals surface area contributed by atoms with Crippen molar-refractivity contribution in [1.82, 2.24) is 4.90 Å². The summed E-state index contributed by atoms with van der Waals surface area (Å²) in [6.07, 6.45) is 3.27. The molecule has 1 heterocycles. The third kappa shape index (κ3) is 3.99. The van der Waals surface area contributed by atoms with E-state index < -0.39 is 11.0 Å². The van der Waals surface area contributed by atoms with Crippen molar-refractivity contribution in [2.45, 2.75) is 45.6 Å². The van der Waals surface area contributed by atoms with Gasteiger partial charge in [0.2, 0.25) is 0 Å². The van der Waals surface area contributed by atoms with E-state index in [2.05, 4.69) is 6.58 Å². The highest BCUT2D eigenvalue weighted by atomic mass is 16.6. The Morgan fingerprint density at radius 1 is 1.40 bits per heavy atom. The summed E-state index contributed by atoms with van der Waals surface area (Å²) >= 11 is 0. The van der Waals surface area contributed by atoms with Gasteiger partial charge in [-0.15, -0.1) is 6.58 Å². The second-order valence-corrected chi connectivity index (χ2v) is 6.27. The molecular formula is C15H25NO4. The Morgan fingerprint density at radius 3 is 2.55 bits per heavy atom. The number of likely N-dealkylation sites (tertiary alicyclic amines) is 1. The first-order valence-corrected chi connectivity index (χ1v) is 6.91. The van der Waals surface area contributed by atoms with E-state index >= 15 is 0 Å². The van der Waals surface area contributed by atoms with Crippen LogP contribution in [0.4, 0.5) is 4.79 Å². The van der Waals surface area contributed by atoms with E-state index in [0.717, 1.165) is 6.42 Å². The first-order chi connectivity index (χ1) is 9.24. The average Bonchev–Trinajstić information content (AvgIpc) is 2.36. The van der Waals surface area contributed by atoms with Gasteiger partial charge in [-0.2, -0.15) is 0 Å². The van der Waals surface area contributed by atoms with Gasteiger partial charge in [0.25, 0.3) is 0 Å². The standard InChI is InChI=1S/C15H25NO4/c1-6-8-15(12(17)19-5)9-7-10-16(11-15)13(18)20-14(2,3)4/h6H,1,7-11H2,2-5H3/t15-/m1/s1. The molecule has 1 aliphatic rings. The minimum atomic E-state index is -0.689. The fourth-order valence-electron chi connectivity index (χ4n) is 2.52. The summed E-state index contributed by atoms with van der Waals surface area (Å²) in [6.45, 7) is 10.1. The number of methoxy groups -OCH3 is 1. The molecule has 1 rings (SSSR count). The molecule has 5 nitrogen and oxygen atoms in total. The Kier molecular flexibility index (Phi) is 5.20.